The lowest BCUT2D eigenvalue weighted by Crippen LogP contribution is -2.34. The van der Waals surface area contributed by atoms with Crippen LogP contribution >= 0.6 is 0 Å². The van der Waals surface area contributed by atoms with Crippen molar-refractivity contribution < 1.29 is 14.6 Å². The Labute approximate surface area is 102 Å². The molecule has 1 aliphatic heterocycles. The van der Waals surface area contributed by atoms with E-state index in [4.69, 9.17) is 4.74 Å². The first kappa shape index (κ1) is 11.3. The molecule has 3 nitrogen and oxygen atoms in total. The fourth-order valence-electron chi connectivity index (χ4n) is 4.08. The van der Waals surface area contributed by atoms with E-state index < -0.39 is 6.10 Å². The zero-order chi connectivity index (χ0) is 12.4. The molecule has 4 atom stereocenters. The van der Waals surface area contributed by atoms with Crippen molar-refractivity contribution in [2.75, 3.05) is 6.61 Å². The molecule has 0 bridgehead atoms. The van der Waals surface area contributed by atoms with Gasteiger partial charge in [-0.3, -0.25) is 0 Å². The number of hydrogen-bond acceptors (Lipinski definition) is 3. The predicted molar refractivity (Wildman–Crippen MR) is 63.2 cm³/mol. The molecular formula is C14H20O3. The first-order valence-corrected chi connectivity index (χ1v) is 6.50. The lowest BCUT2D eigenvalue weighted by atomic mass is 9.72. The van der Waals surface area contributed by atoms with E-state index in [1.54, 1.807) is 0 Å². The largest absolute Gasteiger partial charge is 0.458 e. The number of hydrogen-bond donors (Lipinski definition) is 1. The van der Waals surface area contributed by atoms with Crippen LogP contribution in [0.1, 0.15) is 33.6 Å². The minimum Gasteiger partial charge on any atom is -0.458 e. The van der Waals surface area contributed by atoms with E-state index in [-0.39, 0.29) is 17.3 Å². The van der Waals surface area contributed by atoms with Gasteiger partial charge >= 0.3 is 5.97 Å². The zero-order valence-corrected chi connectivity index (χ0v) is 10.7. The molecule has 0 spiro atoms. The molecule has 0 radical (unpaired) electrons. The van der Waals surface area contributed by atoms with E-state index in [9.17, 15) is 9.90 Å². The second-order valence-electron chi connectivity index (χ2n) is 6.58. The van der Waals surface area contributed by atoms with Crippen molar-refractivity contribution in [1.82, 2.24) is 0 Å². The Kier molecular flexibility index (Phi) is 2.22. The topological polar surface area (TPSA) is 46.5 Å². The second kappa shape index (κ2) is 3.35. The Morgan fingerprint density at radius 1 is 1.41 bits per heavy atom. The van der Waals surface area contributed by atoms with E-state index >= 15 is 0 Å². The molecule has 2 aliphatic carbocycles. The van der Waals surface area contributed by atoms with Crippen LogP contribution in [0.3, 0.4) is 0 Å². The molecule has 1 N–H and O–H groups in total. The molecule has 94 valence electrons. The summed E-state index contributed by atoms with van der Waals surface area (Å²) < 4.78 is 5.17. The van der Waals surface area contributed by atoms with Gasteiger partial charge < -0.3 is 9.84 Å². The van der Waals surface area contributed by atoms with Gasteiger partial charge in [0.1, 0.15) is 6.61 Å². The van der Waals surface area contributed by atoms with Crippen LogP contribution < -0.4 is 0 Å². The van der Waals surface area contributed by atoms with Gasteiger partial charge in [0.05, 0.1) is 6.10 Å². The first-order chi connectivity index (χ1) is 7.92. The molecule has 3 heteroatoms. The van der Waals surface area contributed by atoms with Gasteiger partial charge in [-0.1, -0.05) is 20.8 Å². The third kappa shape index (κ3) is 1.41. The molecule has 1 saturated carbocycles. The summed E-state index contributed by atoms with van der Waals surface area (Å²) in [5.41, 5.74) is 1.88. The van der Waals surface area contributed by atoms with Gasteiger partial charge in [-0.15, -0.1) is 0 Å². The number of rotatable bonds is 0. The van der Waals surface area contributed by atoms with Gasteiger partial charge in [0, 0.05) is 11.5 Å². The summed E-state index contributed by atoms with van der Waals surface area (Å²) in [6, 6.07) is 0. The van der Waals surface area contributed by atoms with Gasteiger partial charge in [0.15, 0.2) is 0 Å². The van der Waals surface area contributed by atoms with Crippen LogP contribution in [0.5, 0.6) is 0 Å². The number of carbonyl (C=O) groups is 1. The maximum Gasteiger partial charge on any atom is 0.334 e. The molecule has 0 saturated heterocycles. The van der Waals surface area contributed by atoms with Crippen molar-refractivity contribution in [3.05, 3.63) is 11.1 Å². The summed E-state index contributed by atoms with van der Waals surface area (Å²) in [7, 11) is 0. The summed E-state index contributed by atoms with van der Waals surface area (Å²) in [6.07, 6.45) is 1.68. The van der Waals surface area contributed by atoms with Gasteiger partial charge in [0.25, 0.3) is 0 Å². The summed E-state index contributed by atoms with van der Waals surface area (Å²) in [5, 5.41) is 10.5. The van der Waals surface area contributed by atoms with Gasteiger partial charge in [-0.25, -0.2) is 4.79 Å². The Hall–Kier alpha value is -0.830. The molecule has 0 amide bonds. The lowest BCUT2D eigenvalue weighted by molar-refractivity contribution is -0.137. The summed E-state index contributed by atoms with van der Waals surface area (Å²) >= 11 is 0. The average Bonchev–Trinajstić information content (AvgIpc) is 2.69. The number of aliphatic hydroxyl groups is 1. The first-order valence-electron chi connectivity index (χ1n) is 6.50. The van der Waals surface area contributed by atoms with Crippen LogP contribution in [-0.2, 0) is 9.53 Å². The highest BCUT2D eigenvalue weighted by Crippen LogP contribution is 2.55. The summed E-state index contributed by atoms with van der Waals surface area (Å²) in [5.74, 6) is 0.711. The molecule has 17 heavy (non-hydrogen) atoms. The third-order valence-corrected chi connectivity index (χ3v) is 4.95. The average molecular weight is 236 g/mol. The van der Waals surface area contributed by atoms with Crippen molar-refractivity contribution in [3.8, 4) is 0 Å². The minimum absolute atomic E-state index is 0.0196. The van der Waals surface area contributed by atoms with Crippen molar-refractivity contribution in [1.29, 1.82) is 0 Å². The number of aliphatic hydroxyl groups excluding tert-OH is 1. The number of esters is 1. The zero-order valence-electron chi connectivity index (χ0n) is 10.7. The third-order valence-electron chi connectivity index (χ3n) is 4.95. The SMILES string of the molecule is C[C@H]1C[C@H]2CC(C)(C)[C@@H](O)[C@H]2C2=C1COC2=O. The molecule has 3 rings (SSSR count). The van der Waals surface area contributed by atoms with Crippen LogP contribution in [0.4, 0.5) is 0 Å². The molecule has 0 aromatic rings. The molecule has 0 unspecified atom stereocenters. The normalized spacial score (nSPS) is 43.4. The number of carbonyl (C=O) groups excluding carboxylic acids is 1. The molecule has 1 heterocycles. The van der Waals surface area contributed by atoms with Crippen molar-refractivity contribution >= 4 is 5.97 Å². The van der Waals surface area contributed by atoms with E-state index in [1.165, 1.54) is 0 Å². The molecule has 1 fully saturated rings. The Bertz CT molecular complexity index is 408. The second-order valence-corrected chi connectivity index (χ2v) is 6.58. The van der Waals surface area contributed by atoms with E-state index in [0.29, 0.717) is 18.4 Å². The molecule has 0 aromatic carbocycles. The van der Waals surface area contributed by atoms with Crippen LogP contribution in [-0.4, -0.2) is 23.8 Å². The van der Waals surface area contributed by atoms with E-state index in [2.05, 4.69) is 20.8 Å². The van der Waals surface area contributed by atoms with Crippen LogP contribution in [0.15, 0.2) is 11.1 Å². The fraction of sp³-hybridized carbons (Fsp3) is 0.786. The molecule has 3 aliphatic rings. The Balaban J connectivity index is 2.06. The highest BCUT2D eigenvalue weighted by atomic mass is 16.5. The highest BCUT2D eigenvalue weighted by Gasteiger charge is 2.54. The Morgan fingerprint density at radius 3 is 2.82 bits per heavy atom. The van der Waals surface area contributed by atoms with Crippen LogP contribution in [0.2, 0.25) is 0 Å². The van der Waals surface area contributed by atoms with Gasteiger partial charge in [0.2, 0.25) is 0 Å². The van der Waals surface area contributed by atoms with E-state index in [1.807, 2.05) is 0 Å². The standard InChI is InChI=1S/C14H20O3/c1-7-4-8-5-14(2,3)12(15)10(8)11-9(7)6-17-13(11)16/h7-8,10,12,15H,4-6H2,1-3H3/t7-,8-,10+,12-/m0/s1. The summed E-state index contributed by atoms with van der Waals surface area (Å²) in [4.78, 5) is 11.9. The predicted octanol–water partition coefficient (Wildman–Crippen LogP) is 1.90. The van der Waals surface area contributed by atoms with Crippen molar-refractivity contribution in [2.45, 2.75) is 39.7 Å². The monoisotopic (exact) mass is 236 g/mol. The fourth-order valence-corrected chi connectivity index (χ4v) is 4.08. The number of fused-ring (bicyclic) bond motifs is 2. The molecule has 0 aromatic heterocycles. The quantitative estimate of drug-likeness (QED) is 0.653. The smallest absolute Gasteiger partial charge is 0.334 e. The van der Waals surface area contributed by atoms with Crippen LogP contribution in [0, 0.1) is 23.2 Å². The van der Waals surface area contributed by atoms with Gasteiger partial charge in [-0.05, 0) is 35.7 Å². The minimum atomic E-state index is -0.407. The van der Waals surface area contributed by atoms with Crippen molar-refractivity contribution in [3.63, 3.8) is 0 Å². The Morgan fingerprint density at radius 2 is 2.12 bits per heavy atom. The summed E-state index contributed by atoms with van der Waals surface area (Å²) in [6.45, 7) is 6.82. The highest BCUT2D eigenvalue weighted by molar-refractivity contribution is 5.93. The number of ether oxygens (including phenoxy) is 1. The lowest BCUT2D eigenvalue weighted by Gasteiger charge is -2.31. The van der Waals surface area contributed by atoms with Crippen LogP contribution in [0.25, 0.3) is 0 Å². The maximum absolute atomic E-state index is 11.9. The van der Waals surface area contributed by atoms with E-state index in [0.717, 1.165) is 24.0 Å². The van der Waals surface area contributed by atoms with Crippen molar-refractivity contribution in [2.24, 2.45) is 23.2 Å². The molecular weight excluding hydrogens is 216 g/mol. The van der Waals surface area contributed by atoms with Gasteiger partial charge in [-0.2, -0.15) is 0 Å². The number of cyclic esters (lactones) is 1. The maximum atomic E-state index is 11.9.